The fourth-order valence-electron chi connectivity index (χ4n) is 2.77. The molecule has 1 N–H and O–H groups in total. The largest absolute Gasteiger partial charge is 0.453 e. The standard InChI is InChI=1S/C20H19IO6/c1-12-15(21)16(26-18(22)13-8-4-2-5-9-13)17(20(24)25-12)27-19(23)14-10-6-3-7-11-14/h2-12,15-17,20,24H,1H3/t12-,15+,16-,17+,20-/m1/s1. The predicted octanol–water partition coefficient (Wildman–Crippen LogP) is 2.98. The molecular weight excluding hydrogens is 463 g/mol. The van der Waals surface area contributed by atoms with E-state index in [0.29, 0.717) is 11.1 Å². The van der Waals surface area contributed by atoms with Gasteiger partial charge in [-0.2, -0.15) is 0 Å². The van der Waals surface area contributed by atoms with Gasteiger partial charge in [0.2, 0.25) is 0 Å². The van der Waals surface area contributed by atoms with Gasteiger partial charge in [0.1, 0.15) is 0 Å². The summed E-state index contributed by atoms with van der Waals surface area (Å²) < 4.78 is 16.2. The Balaban J connectivity index is 1.80. The normalized spacial score (nSPS) is 27.6. The Hall–Kier alpha value is -1.97. The third kappa shape index (κ3) is 4.66. The van der Waals surface area contributed by atoms with E-state index in [0.717, 1.165) is 0 Å². The summed E-state index contributed by atoms with van der Waals surface area (Å²) >= 11 is 2.08. The summed E-state index contributed by atoms with van der Waals surface area (Å²) in [4.78, 5) is 24.9. The highest BCUT2D eigenvalue weighted by molar-refractivity contribution is 14.1. The molecule has 6 nitrogen and oxygen atoms in total. The van der Waals surface area contributed by atoms with Gasteiger partial charge in [0.15, 0.2) is 18.5 Å². The maximum atomic E-state index is 12.5. The molecule has 0 bridgehead atoms. The highest BCUT2D eigenvalue weighted by Crippen LogP contribution is 2.31. The molecule has 1 heterocycles. The Morgan fingerprint density at radius 1 is 0.889 bits per heavy atom. The zero-order valence-electron chi connectivity index (χ0n) is 14.5. The van der Waals surface area contributed by atoms with Gasteiger partial charge in [0.05, 0.1) is 21.2 Å². The molecule has 1 aliphatic rings. The zero-order chi connectivity index (χ0) is 19.4. The molecule has 0 saturated carbocycles. The van der Waals surface area contributed by atoms with Crippen LogP contribution in [0.5, 0.6) is 0 Å². The van der Waals surface area contributed by atoms with E-state index in [-0.39, 0.29) is 10.0 Å². The quantitative estimate of drug-likeness (QED) is 0.410. The summed E-state index contributed by atoms with van der Waals surface area (Å²) in [6, 6.07) is 16.9. The smallest absolute Gasteiger partial charge is 0.338 e. The first-order valence-corrected chi connectivity index (χ1v) is 9.71. The summed E-state index contributed by atoms with van der Waals surface area (Å²) in [5.41, 5.74) is 0.712. The van der Waals surface area contributed by atoms with Crippen molar-refractivity contribution in [2.24, 2.45) is 0 Å². The van der Waals surface area contributed by atoms with Crippen LogP contribution in [-0.2, 0) is 14.2 Å². The number of aliphatic hydroxyl groups is 1. The van der Waals surface area contributed by atoms with Crippen LogP contribution >= 0.6 is 22.6 Å². The number of hydrogen-bond donors (Lipinski definition) is 1. The number of esters is 2. The SMILES string of the molecule is C[C@H]1O[C@@H](O)[C@@H](OC(=O)c2ccccc2)[C@H](OC(=O)c2ccccc2)[C@H]1I. The lowest BCUT2D eigenvalue weighted by Gasteiger charge is -2.40. The van der Waals surface area contributed by atoms with Crippen molar-refractivity contribution in [2.45, 2.75) is 35.5 Å². The van der Waals surface area contributed by atoms with Crippen molar-refractivity contribution < 1.29 is 28.9 Å². The van der Waals surface area contributed by atoms with E-state index in [1.54, 1.807) is 67.6 Å². The number of carbonyl (C=O) groups excluding carboxylic acids is 2. The Morgan fingerprint density at radius 2 is 1.33 bits per heavy atom. The fraction of sp³-hybridized carbons (Fsp3) is 0.300. The second-order valence-corrected chi connectivity index (χ2v) is 7.59. The van der Waals surface area contributed by atoms with Crippen LogP contribution in [0, 0.1) is 0 Å². The Labute approximate surface area is 170 Å². The third-order valence-corrected chi connectivity index (χ3v) is 5.95. The first-order valence-electron chi connectivity index (χ1n) is 8.47. The molecule has 7 heteroatoms. The van der Waals surface area contributed by atoms with Crippen molar-refractivity contribution in [2.75, 3.05) is 0 Å². The molecule has 0 aromatic heterocycles. The summed E-state index contributed by atoms with van der Waals surface area (Å²) in [5, 5.41) is 10.3. The second-order valence-electron chi connectivity index (χ2n) is 6.15. The highest BCUT2D eigenvalue weighted by atomic mass is 127. The maximum absolute atomic E-state index is 12.5. The molecular formula is C20H19IO6. The molecule has 142 valence electrons. The van der Waals surface area contributed by atoms with Crippen molar-refractivity contribution in [3.8, 4) is 0 Å². The van der Waals surface area contributed by atoms with Crippen molar-refractivity contribution in [3.63, 3.8) is 0 Å². The van der Waals surface area contributed by atoms with E-state index >= 15 is 0 Å². The van der Waals surface area contributed by atoms with E-state index in [2.05, 4.69) is 22.6 Å². The van der Waals surface area contributed by atoms with Crippen LogP contribution in [0.3, 0.4) is 0 Å². The van der Waals surface area contributed by atoms with Crippen LogP contribution < -0.4 is 0 Å². The summed E-state index contributed by atoms with van der Waals surface area (Å²) in [7, 11) is 0. The van der Waals surface area contributed by atoms with Crippen molar-refractivity contribution in [1.82, 2.24) is 0 Å². The molecule has 5 atom stereocenters. The highest BCUT2D eigenvalue weighted by Gasteiger charge is 2.47. The van der Waals surface area contributed by atoms with Crippen LogP contribution in [-0.4, -0.2) is 45.6 Å². The van der Waals surface area contributed by atoms with E-state index < -0.39 is 30.4 Å². The minimum atomic E-state index is -1.40. The average Bonchev–Trinajstić information content (AvgIpc) is 2.69. The molecule has 2 aromatic rings. The second kappa shape index (κ2) is 8.81. The van der Waals surface area contributed by atoms with Gasteiger partial charge in [-0.25, -0.2) is 9.59 Å². The molecule has 2 aromatic carbocycles. The van der Waals surface area contributed by atoms with Gasteiger partial charge in [-0.15, -0.1) is 0 Å². The monoisotopic (exact) mass is 482 g/mol. The van der Waals surface area contributed by atoms with E-state index in [9.17, 15) is 14.7 Å². The van der Waals surface area contributed by atoms with Gasteiger partial charge in [0.25, 0.3) is 0 Å². The predicted molar refractivity (Wildman–Crippen MR) is 106 cm³/mol. The number of rotatable bonds is 4. The van der Waals surface area contributed by atoms with Gasteiger partial charge in [-0.1, -0.05) is 59.0 Å². The Kier molecular flexibility index (Phi) is 6.46. The molecule has 1 fully saturated rings. The lowest BCUT2D eigenvalue weighted by Crippen LogP contribution is -2.57. The van der Waals surface area contributed by atoms with E-state index in [4.69, 9.17) is 14.2 Å². The molecule has 0 spiro atoms. The van der Waals surface area contributed by atoms with Crippen molar-refractivity contribution in [3.05, 3.63) is 71.8 Å². The number of benzene rings is 2. The van der Waals surface area contributed by atoms with Gasteiger partial charge in [-0.05, 0) is 31.2 Å². The minimum Gasteiger partial charge on any atom is -0.453 e. The summed E-state index contributed by atoms with van der Waals surface area (Å²) in [6.07, 6.45) is -3.78. The number of aliphatic hydroxyl groups excluding tert-OH is 1. The first-order chi connectivity index (χ1) is 13.0. The van der Waals surface area contributed by atoms with Gasteiger partial charge in [0, 0.05) is 0 Å². The molecule has 1 aliphatic heterocycles. The molecule has 27 heavy (non-hydrogen) atoms. The first kappa shape index (κ1) is 19.8. The minimum absolute atomic E-state index is 0.313. The fourth-order valence-corrected chi connectivity index (χ4v) is 3.50. The van der Waals surface area contributed by atoms with Gasteiger partial charge in [-0.3, -0.25) is 0 Å². The molecule has 1 saturated heterocycles. The summed E-state index contributed by atoms with van der Waals surface area (Å²) in [6.45, 7) is 1.76. The zero-order valence-corrected chi connectivity index (χ0v) is 16.7. The lowest BCUT2D eigenvalue weighted by atomic mass is 10.0. The van der Waals surface area contributed by atoms with Gasteiger partial charge >= 0.3 is 11.9 Å². The molecule has 0 aliphatic carbocycles. The Bertz CT molecular complexity index is 782. The lowest BCUT2D eigenvalue weighted by molar-refractivity contribution is -0.237. The van der Waals surface area contributed by atoms with Crippen LogP contribution in [0.15, 0.2) is 60.7 Å². The molecule has 0 amide bonds. The number of halogens is 1. The van der Waals surface area contributed by atoms with Crippen LogP contribution in [0.25, 0.3) is 0 Å². The van der Waals surface area contributed by atoms with Crippen molar-refractivity contribution >= 4 is 34.5 Å². The molecule has 0 unspecified atom stereocenters. The third-order valence-electron chi connectivity index (χ3n) is 4.23. The average molecular weight is 482 g/mol. The maximum Gasteiger partial charge on any atom is 0.338 e. The topological polar surface area (TPSA) is 82.1 Å². The number of ether oxygens (including phenoxy) is 3. The van der Waals surface area contributed by atoms with Crippen LogP contribution in [0.4, 0.5) is 0 Å². The molecule has 0 radical (unpaired) electrons. The van der Waals surface area contributed by atoms with Crippen molar-refractivity contribution in [1.29, 1.82) is 0 Å². The van der Waals surface area contributed by atoms with Crippen LogP contribution in [0.1, 0.15) is 27.6 Å². The van der Waals surface area contributed by atoms with E-state index in [1.807, 2.05) is 0 Å². The molecule has 3 rings (SSSR count). The number of hydrogen-bond acceptors (Lipinski definition) is 6. The van der Waals surface area contributed by atoms with E-state index in [1.165, 1.54) is 0 Å². The van der Waals surface area contributed by atoms with Crippen LogP contribution in [0.2, 0.25) is 0 Å². The summed E-state index contributed by atoms with van der Waals surface area (Å²) in [5.74, 6) is -1.17. The Morgan fingerprint density at radius 3 is 1.81 bits per heavy atom. The number of alkyl halides is 1. The number of carbonyl (C=O) groups is 2. The van der Waals surface area contributed by atoms with Gasteiger partial charge < -0.3 is 19.3 Å².